The first-order chi connectivity index (χ1) is 9.08. The molecule has 1 unspecified atom stereocenters. The number of rotatable bonds is 4. The first kappa shape index (κ1) is 14.8. The van der Waals surface area contributed by atoms with E-state index in [-0.39, 0.29) is 0 Å². The second-order valence-corrected chi connectivity index (χ2v) is 6.58. The van der Waals surface area contributed by atoms with Crippen molar-refractivity contribution in [1.82, 2.24) is 10.3 Å². The minimum absolute atomic E-state index is 0.540. The number of pyridine rings is 1. The van der Waals surface area contributed by atoms with Crippen LogP contribution >= 0.6 is 15.9 Å². The lowest BCUT2D eigenvalue weighted by molar-refractivity contribution is 0.418. The molecule has 4 heteroatoms. The van der Waals surface area contributed by atoms with Gasteiger partial charge in [-0.1, -0.05) is 13.8 Å². The van der Waals surface area contributed by atoms with Gasteiger partial charge in [0.05, 0.1) is 4.47 Å². The molecule has 2 rings (SSSR count). The Morgan fingerprint density at radius 2 is 2.26 bits per heavy atom. The van der Waals surface area contributed by atoms with Crippen LogP contribution < -0.4 is 10.2 Å². The summed E-state index contributed by atoms with van der Waals surface area (Å²) in [5.74, 6) is 1.10. The van der Waals surface area contributed by atoms with Crippen molar-refractivity contribution in [3.63, 3.8) is 0 Å². The van der Waals surface area contributed by atoms with Gasteiger partial charge in [-0.25, -0.2) is 4.98 Å². The number of anilines is 1. The zero-order valence-corrected chi connectivity index (χ0v) is 13.7. The van der Waals surface area contributed by atoms with Crippen molar-refractivity contribution < 1.29 is 0 Å². The number of nitrogens with one attached hydrogen (secondary N) is 1. The molecule has 0 saturated carbocycles. The van der Waals surface area contributed by atoms with Crippen LogP contribution in [0.25, 0.3) is 0 Å². The van der Waals surface area contributed by atoms with E-state index in [1.54, 1.807) is 0 Å². The molecule has 2 heterocycles. The SMILES string of the molecule is Cc1cnc(N2CCCCC2CNC(C)C)c(Br)c1. The lowest BCUT2D eigenvalue weighted by atomic mass is 10.0. The third kappa shape index (κ3) is 3.93. The Morgan fingerprint density at radius 1 is 1.47 bits per heavy atom. The Bertz CT molecular complexity index is 420. The van der Waals surface area contributed by atoms with Crippen LogP contribution in [0.2, 0.25) is 0 Å². The molecule has 3 nitrogen and oxygen atoms in total. The maximum absolute atomic E-state index is 4.63. The summed E-state index contributed by atoms with van der Waals surface area (Å²) in [6, 6.07) is 3.25. The molecule has 1 aromatic heterocycles. The van der Waals surface area contributed by atoms with Gasteiger partial charge in [0.15, 0.2) is 0 Å². The van der Waals surface area contributed by atoms with Gasteiger partial charge in [-0.05, 0) is 53.7 Å². The van der Waals surface area contributed by atoms with Crippen molar-refractivity contribution in [3.8, 4) is 0 Å². The fourth-order valence-electron chi connectivity index (χ4n) is 2.60. The van der Waals surface area contributed by atoms with Gasteiger partial charge < -0.3 is 10.2 Å². The molecule has 1 aliphatic rings. The molecule has 1 saturated heterocycles. The third-order valence-electron chi connectivity index (χ3n) is 3.62. The van der Waals surface area contributed by atoms with Crippen molar-refractivity contribution in [1.29, 1.82) is 0 Å². The minimum atomic E-state index is 0.540. The Hall–Kier alpha value is -0.610. The third-order valence-corrected chi connectivity index (χ3v) is 4.20. The highest BCUT2D eigenvalue weighted by Gasteiger charge is 2.24. The van der Waals surface area contributed by atoms with Crippen molar-refractivity contribution >= 4 is 21.7 Å². The summed E-state index contributed by atoms with van der Waals surface area (Å²) in [5.41, 5.74) is 1.20. The van der Waals surface area contributed by atoms with E-state index in [1.807, 2.05) is 6.20 Å². The fourth-order valence-corrected chi connectivity index (χ4v) is 3.29. The van der Waals surface area contributed by atoms with Crippen LogP contribution in [0.5, 0.6) is 0 Å². The van der Waals surface area contributed by atoms with Crippen LogP contribution in [0.4, 0.5) is 5.82 Å². The van der Waals surface area contributed by atoms with Crippen LogP contribution in [0.15, 0.2) is 16.7 Å². The maximum atomic E-state index is 4.63. The smallest absolute Gasteiger partial charge is 0.143 e. The van der Waals surface area contributed by atoms with Crippen molar-refractivity contribution in [3.05, 3.63) is 22.3 Å². The molecule has 0 bridgehead atoms. The van der Waals surface area contributed by atoms with Crippen LogP contribution in [-0.2, 0) is 0 Å². The first-order valence-corrected chi connectivity index (χ1v) is 7.99. The number of aromatic nitrogens is 1. The predicted octanol–water partition coefficient (Wildman–Crippen LogP) is 3.51. The normalized spacial score (nSPS) is 20.1. The monoisotopic (exact) mass is 325 g/mol. The highest BCUT2D eigenvalue weighted by molar-refractivity contribution is 9.10. The standard InChI is InChI=1S/C15H24BrN3/c1-11(2)17-10-13-6-4-5-7-19(13)15-14(16)8-12(3)9-18-15/h8-9,11,13,17H,4-7,10H2,1-3H3. The van der Waals surface area contributed by atoms with Crippen LogP contribution in [-0.4, -0.2) is 30.2 Å². The quantitative estimate of drug-likeness (QED) is 0.918. The number of halogens is 1. The lowest BCUT2D eigenvalue weighted by Crippen LogP contribution is -2.47. The van der Waals surface area contributed by atoms with Crippen LogP contribution in [0.1, 0.15) is 38.7 Å². The largest absolute Gasteiger partial charge is 0.351 e. The summed E-state index contributed by atoms with van der Waals surface area (Å²) in [4.78, 5) is 7.09. The summed E-state index contributed by atoms with van der Waals surface area (Å²) in [6.07, 6.45) is 5.80. The highest BCUT2D eigenvalue weighted by Crippen LogP contribution is 2.29. The molecule has 0 aliphatic carbocycles. The molecule has 0 radical (unpaired) electrons. The van der Waals surface area contributed by atoms with Gasteiger partial charge in [0.25, 0.3) is 0 Å². The molecule has 106 valence electrons. The van der Waals surface area contributed by atoms with E-state index < -0.39 is 0 Å². The summed E-state index contributed by atoms with van der Waals surface area (Å²) in [5, 5.41) is 3.56. The Morgan fingerprint density at radius 3 is 2.95 bits per heavy atom. The number of hydrogen-bond acceptors (Lipinski definition) is 3. The highest BCUT2D eigenvalue weighted by atomic mass is 79.9. The lowest BCUT2D eigenvalue weighted by Gasteiger charge is -2.37. The molecule has 1 aliphatic heterocycles. The molecule has 1 N–H and O–H groups in total. The van der Waals surface area contributed by atoms with E-state index in [1.165, 1.54) is 24.8 Å². The van der Waals surface area contributed by atoms with E-state index >= 15 is 0 Å². The van der Waals surface area contributed by atoms with E-state index in [4.69, 9.17) is 0 Å². The summed E-state index contributed by atoms with van der Waals surface area (Å²) in [7, 11) is 0. The summed E-state index contributed by atoms with van der Waals surface area (Å²) in [6.45, 7) is 8.63. The molecule has 19 heavy (non-hydrogen) atoms. The van der Waals surface area contributed by atoms with Gasteiger partial charge in [0.1, 0.15) is 5.82 Å². The van der Waals surface area contributed by atoms with E-state index in [0.717, 1.165) is 23.4 Å². The van der Waals surface area contributed by atoms with Gasteiger partial charge in [-0.2, -0.15) is 0 Å². The Kier molecular flexibility index (Phi) is 5.22. The minimum Gasteiger partial charge on any atom is -0.351 e. The Balaban J connectivity index is 2.14. The van der Waals surface area contributed by atoms with Gasteiger partial charge >= 0.3 is 0 Å². The van der Waals surface area contributed by atoms with Crippen LogP contribution in [0.3, 0.4) is 0 Å². The van der Waals surface area contributed by atoms with Gasteiger partial charge in [-0.15, -0.1) is 0 Å². The van der Waals surface area contributed by atoms with Gasteiger partial charge in [-0.3, -0.25) is 0 Å². The van der Waals surface area contributed by atoms with Crippen molar-refractivity contribution in [2.45, 2.75) is 52.1 Å². The molecule has 1 atom stereocenters. The molecular weight excluding hydrogens is 302 g/mol. The molecule has 1 aromatic rings. The fraction of sp³-hybridized carbons (Fsp3) is 0.667. The van der Waals surface area contributed by atoms with Crippen molar-refractivity contribution in [2.75, 3.05) is 18.0 Å². The summed E-state index contributed by atoms with van der Waals surface area (Å²) < 4.78 is 1.11. The summed E-state index contributed by atoms with van der Waals surface area (Å²) >= 11 is 3.67. The number of aryl methyl sites for hydroxylation is 1. The zero-order valence-electron chi connectivity index (χ0n) is 12.1. The number of hydrogen-bond donors (Lipinski definition) is 1. The number of piperidine rings is 1. The first-order valence-electron chi connectivity index (χ1n) is 7.20. The van der Waals surface area contributed by atoms with E-state index in [9.17, 15) is 0 Å². The van der Waals surface area contributed by atoms with Crippen LogP contribution in [0, 0.1) is 6.92 Å². The van der Waals surface area contributed by atoms with Gasteiger partial charge in [0.2, 0.25) is 0 Å². The maximum Gasteiger partial charge on any atom is 0.143 e. The van der Waals surface area contributed by atoms with E-state index in [0.29, 0.717) is 12.1 Å². The zero-order chi connectivity index (χ0) is 13.8. The van der Waals surface area contributed by atoms with E-state index in [2.05, 4.69) is 58.0 Å². The molecule has 0 spiro atoms. The molecular formula is C15H24BrN3. The Labute approximate surface area is 124 Å². The second-order valence-electron chi connectivity index (χ2n) is 5.72. The van der Waals surface area contributed by atoms with Gasteiger partial charge in [0, 0.05) is 31.4 Å². The van der Waals surface area contributed by atoms with Crippen molar-refractivity contribution in [2.24, 2.45) is 0 Å². The molecule has 0 amide bonds. The molecule has 1 fully saturated rings. The topological polar surface area (TPSA) is 28.2 Å². The average molecular weight is 326 g/mol. The second kappa shape index (κ2) is 6.71. The average Bonchev–Trinajstić information content (AvgIpc) is 2.37. The molecule has 0 aromatic carbocycles. The number of nitrogens with zero attached hydrogens (tertiary/aromatic N) is 2. The predicted molar refractivity (Wildman–Crippen MR) is 84.8 cm³/mol.